The lowest BCUT2D eigenvalue weighted by Crippen LogP contribution is -2.39. The molecule has 0 spiro atoms. The number of hydrogen-bond donors (Lipinski definition) is 0. The number of hydrogen-bond acceptors (Lipinski definition) is 2. The van der Waals surface area contributed by atoms with E-state index in [0.29, 0.717) is 5.75 Å². The van der Waals surface area contributed by atoms with Crippen molar-refractivity contribution in [2.75, 3.05) is 5.75 Å². The van der Waals surface area contributed by atoms with Gasteiger partial charge in [0.15, 0.2) is 0 Å². The maximum atomic E-state index is 12.0. The molecule has 1 amide bonds. The predicted molar refractivity (Wildman–Crippen MR) is 74.2 cm³/mol. The number of nitrogens with zero attached hydrogens (tertiary/aromatic N) is 1. The first-order chi connectivity index (χ1) is 7.27. The Kier molecular flexibility index (Phi) is 7.16. The zero-order chi connectivity index (χ0) is 12.9. The van der Waals surface area contributed by atoms with Crippen LogP contribution in [0.2, 0.25) is 0 Å². The van der Waals surface area contributed by atoms with Gasteiger partial charge in [-0.2, -0.15) is 0 Å². The molecule has 0 aliphatic carbocycles. The molecule has 0 N–H and O–H groups in total. The number of amides is 1. The number of carbonyl (C=O) groups excluding carboxylic acids is 1. The summed E-state index contributed by atoms with van der Waals surface area (Å²) >= 11 is 7.18. The van der Waals surface area contributed by atoms with Crippen LogP contribution in [0.1, 0.15) is 41.5 Å². The van der Waals surface area contributed by atoms with Crippen LogP contribution in [-0.2, 0) is 0 Å². The third kappa shape index (κ3) is 5.26. The maximum Gasteiger partial charge on any atom is 0.282 e. The summed E-state index contributed by atoms with van der Waals surface area (Å²) < 4.78 is 0. The Morgan fingerprint density at radius 3 is 1.94 bits per heavy atom. The fraction of sp³-hybridized carbons (Fsp3) is 0.750. The van der Waals surface area contributed by atoms with E-state index in [1.807, 2.05) is 46.4 Å². The van der Waals surface area contributed by atoms with Gasteiger partial charge < -0.3 is 4.90 Å². The zero-order valence-electron chi connectivity index (χ0n) is 11.0. The summed E-state index contributed by atoms with van der Waals surface area (Å²) in [5.74, 6) is 0.671. The molecule has 0 saturated heterocycles. The van der Waals surface area contributed by atoms with E-state index in [1.165, 1.54) is 11.8 Å². The van der Waals surface area contributed by atoms with Crippen molar-refractivity contribution in [3.8, 4) is 0 Å². The molecular formula is C12H22ClNOS. The topological polar surface area (TPSA) is 20.3 Å². The van der Waals surface area contributed by atoms with E-state index in [1.54, 1.807) is 0 Å². The van der Waals surface area contributed by atoms with E-state index in [-0.39, 0.29) is 17.3 Å². The van der Waals surface area contributed by atoms with E-state index in [4.69, 9.17) is 11.6 Å². The Hall–Kier alpha value is -0.150. The summed E-state index contributed by atoms with van der Waals surface area (Å²) in [6, 6.07) is 0.475. The Morgan fingerprint density at radius 1 is 1.19 bits per heavy atom. The molecule has 0 radical (unpaired) electrons. The Labute approximate surface area is 108 Å². The molecule has 0 bridgehead atoms. The molecule has 0 aromatic carbocycles. The van der Waals surface area contributed by atoms with Gasteiger partial charge >= 0.3 is 0 Å². The van der Waals surface area contributed by atoms with Crippen LogP contribution in [-0.4, -0.2) is 28.0 Å². The van der Waals surface area contributed by atoms with Gasteiger partial charge in [-0.25, -0.2) is 0 Å². The number of rotatable bonds is 4. The van der Waals surface area contributed by atoms with E-state index in [9.17, 15) is 4.79 Å². The van der Waals surface area contributed by atoms with Gasteiger partial charge in [0.2, 0.25) is 0 Å². The molecule has 0 aromatic heterocycles. The van der Waals surface area contributed by atoms with E-state index < -0.39 is 0 Å². The summed E-state index contributed by atoms with van der Waals surface area (Å²) in [4.78, 5) is 13.9. The van der Waals surface area contributed by atoms with Gasteiger partial charge in [0, 0.05) is 22.9 Å². The highest BCUT2D eigenvalue weighted by Crippen LogP contribution is 2.20. The van der Waals surface area contributed by atoms with Gasteiger partial charge in [-0.3, -0.25) is 4.79 Å². The minimum atomic E-state index is 0.127. The van der Waals surface area contributed by atoms with Gasteiger partial charge in [0.25, 0.3) is 5.24 Å². The molecule has 0 unspecified atom stereocenters. The minimum Gasteiger partial charge on any atom is -0.329 e. The number of allylic oxidation sites excluding steroid dienone is 1. The normalized spacial score (nSPS) is 13.1. The second-order valence-electron chi connectivity index (χ2n) is 4.46. The summed E-state index contributed by atoms with van der Waals surface area (Å²) in [6.45, 7) is 12.0. The number of thioether (sulfide) groups is 1. The summed E-state index contributed by atoms with van der Waals surface area (Å²) in [6.07, 6.45) is 0. The molecular weight excluding hydrogens is 242 g/mol. The molecule has 0 aliphatic heterocycles. The van der Waals surface area contributed by atoms with E-state index in [2.05, 4.69) is 0 Å². The smallest absolute Gasteiger partial charge is 0.282 e. The van der Waals surface area contributed by atoms with Crippen LogP contribution in [0.5, 0.6) is 0 Å². The maximum absolute atomic E-state index is 12.0. The Balaban J connectivity index is 4.40. The average Bonchev–Trinajstić information content (AvgIpc) is 2.12. The fourth-order valence-electron chi connectivity index (χ4n) is 1.36. The highest BCUT2D eigenvalue weighted by atomic mass is 35.5. The highest BCUT2D eigenvalue weighted by Gasteiger charge is 2.20. The fourth-order valence-corrected chi connectivity index (χ4v) is 2.64. The third-order valence-electron chi connectivity index (χ3n) is 2.32. The predicted octanol–water partition coefficient (Wildman–Crippen LogP) is 4.49. The first-order valence-corrected chi connectivity index (χ1v) is 6.90. The largest absolute Gasteiger partial charge is 0.329 e. The second-order valence-corrected chi connectivity index (χ2v) is 5.96. The number of carbonyl (C=O) groups is 1. The monoisotopic (exact) mass is 263 g/mol. The van der Waals surface area contributed by atoms with Crippen LogP contribution in [0.4, 0.5) is 4.79 Å². The average molecular weight is 264 g/mol. The molecule has 4 heteroatoms. The van der Waals surface area contributed by atoms with Gasteiger partial charge in [-0.1, -0.05) is 23.4 Å². The van der Waals surface area contributed by atoms with Crippen LogP contribution < -0.4 is 0 Å². The Bertz CT molecular complexity index is 262. The lowest BCUT2D eigenvalue weighted by molar-refractivity contribution is 0.190. The van der Waals surface area contributed by atoms with Crippen molar-refractivity contribution < 1.29 is 4.79 Å². The van der Waals surface area contributed by atoms with Crippen molar-refractivity contribution in [1.82, 2.24) is 4.90 Å². The number of halogens is 1. The molecule has 0 fully saturated rings. The highest BCUT2D eigenvalue weighted by molar-refractivity contribution is 8.13. The van der Waals surface area contributed by atoms with Gasteiger partial charge in [0.1, 0.15) is 0 Å². The standard InChI is InChI=1S/C12H22ClNOS/c1-8(2)14(9(3)4)12(15)16-7-10(5)11(6)13/h8-9H,7H2,1-6H3/b11-10+. The summed E-state index contributed by atoms with van der Waals surface area (Å²) in [7, 11) is 0. The van der Waals surface area contributed by atoms with Crippen LogP contribution in [0.3, 0.4) is 0 Å². The molecule has 0 atom stereocenters. The first-order valence-electron chi connectivity index (χ1n) is 5.54. The van der Waals surface area contributed by atoms with Crippen LogP contribution in [0.15, 0.2) is 10.6 Å². The second kappa shape index (κ2) is 7.23. The van der Waals surface area contributed by atoms with Crippen molar-refractivity contribution in [1.29, 1.82) is 0 Å². The van der Waals surface area contributed by atoms with E-state index >= 15 is 0 Å². The Morgan fingerprint density at radius 2 is 1.62 bits per heavy atom. The molecule has 0 aliphatic rings. The van der Waals surface area contributed by atoms with Crippen molar-refractivity contribution in [2.24, 2.45) is 0 Å². The van der Waals surface area contributed by atoms with Gasteiger partial charge in [-0.15, -0.1) is 0 Å². The molecule has 2 nitrogen and oxygen atoms in total. The zero-order valence-corrected chi connectivity index (χ0v) is 12.6. The SMILES string of the molecule is C/C(Cl)=C(/C)CSC(=O)N(C(C)C)C(C)C. The van der Waals surface area contributed by atoms with Crippen LogP contribution in [0.25, 0.3) is 0 Å². The molecule has 0 rings (SSSR count). The summed E-state index contributed by atoms with van der Waals surface area (Å²) in [5.41, 5.74) is 1.06. The van der Waals surface area contributed by atoms with Gasteiger partial charge in [-0.05, 0) is 47.1 Å². The van der Waals surface area contributed by atoms with Crippen LogP contribution in [0, 0.1) is 0 Å². The van der Waals surface area contributed by atoms with Crippen LogP contribution >= 0.6 is 23.4 Å². The molecule has 0 heterocycles. The lowest BCUT2D eigenvalue weighted by Gasteiger charge is -2.30. The molecule has 16 heavy (non-hydrogen) atoms. The van der Waals surface area contributed by atoms with Crippen molar-refractivity contribution in [3.63, 3.8) is 0 Å². The van der Waals surface area contributed by atoms with Crippen molar-refractivity contribution in [3.05, 3.63) is 10.6 Å². The summed E-state index contributed by atoms with van der Waals surface area (Å²) in [5, 5.41) is 0.906. The first kappa shape index (κ1) is 15.9. The molecule has 94 valence electrons. The lowest BCUT2D eigenvalue weighted by atomic mass is 10.2. The van der Waals surface area contributed by atoms with Crippen molar-refractivity contribution in [2.45, 2.75) is 53.6 Å². The third-order valence-corrected chi connectivity index (χ3v) is 3.68. The molecule has 0 saturated carbocycles. The van der Waals surface area contributed by atoms with E-state index in [0.717, 1.165) is 10.6 Å². The van der Waals surface area contributed by atoms with Gasteiger partial charge in [0.05, 0.1) is 0 Å². The quantitative estimate of drug-likeness (QED) is 0.745. The minimum absolute atomic E-state index is 0.127. The molecule has 0 aromatic rings. The van der Waals surface area contributed by atoms with Crippen molar-refractivity contribution >= 4 is 28.6 Å².